The van der Waals surface area contributed by atoms with E-state index in [9.17, 15) is 0 Å². The lowest BCUT2D eigenvalue weighted by Gasteiger charge is -1.96. The van der Waals surface area contributed by atoms with Gasteiger partial charge in [-0.25, -0.2) is 9.97 Å². The normalized spacial score (nSPS) is 11.9. The Balaban J connectivity index is 1.41. The smallest absolute Gasteiger partial charge is 0.154 e. The minimum absolute atomic E-state index is 1.09. The highest BCUT2D eigenvalue weighted by Crippen LogP contribution is 2.41. The topological polar surface area (TPSA) is 25.8 Å². The van der Waals surface area contributed by atoms with Gasteiger partial charge in [-0.2, -0.15) is 0 Å². The van der Waals surface area contributed by atoms with Crippen LogP contribution >= 0.6 is 45.3 Å². The average Bonchev–Trinajstić information content (AvgIpc) is 3.40. The minimum atomic E-state index is 1.09. The summed E-state index contributed by atoms with van der Waals surface area (Å²) >= 11 is 7.50. The Bertz CT molecular complexity index is 874. The molecule has 4 rings (SSSR count). The fraction of sp³-hybridized carbons (Fsp3) is 0.545. The quantitative estimate of drug-likeness (QED) is 0.214. The Morgan fingerprint density at radius 3 is 1.46 bits per heavy atom. The van der Waals surface area contributed by atoms with Gasteiger partial charge in [-0.05, 0) is 37.8 Å². The maximum Gasteiger partial charge on any atom is 0.154 e. The zero-order valence-electron chi connectivity index (χ0n) is 16.8. The van der Waals surface area contributed by atoms with E-state index in [1.165, 1.54) is 93.0 Å². The summed E-state index contributed by atoms with van der Waals surface area (Å²) in [4.78, 5) is 12.8. The van der Waals surface area contributed by atoms with Gasteiger partial charge in [0.2, 0.25) is 0 Å². The summed E-state index contributed by atoms with van der Waals surface area (Å²) in [7, 11) is 0. The van der Waals surface area contributed by atoms with Crippen molar-refractivity contribution in [3.63, 3.8) is 0 Å². The Labute approximate surface area is 183 Å². The van der Waals surface area contributed by atoms with Gasteiger partial charge < -0.3 is 0 Å². The predicted octanol–water partition coefficient (Wildman–Crippen LogP) is 8.94. The second-order valence-electron chi connectivity index (χ2n) is 7.43. The molecule has 4 aromatic heterocycles. The molecule has 0 spiro atoms. The van der Waals surface area contributed by atoms with Crippen molar-refractivity contribution in [2.45, 2.75) is 78.1 Å². The number of thiophene rings is 2. The molecule has 0 aliphatic carbocycles. The van der Waals surface area contributed by atoms with Gasteiger partial charge in [0, 0.05) is 9.75 Å². The molecule has 0 saturated heterocycles. The molecule has 4 aromatic rings. The van der Waals surface area contributed by atoms with E-state index in [4.69, 9.17) is 9.97 Å². The summed E-state index contributed by atoms with van der Waals surface area (Å²) < 4.78 is 2.71. The number of hydrogen-bond donors (Lipinski definition) is 0. The number of aryl methyl sites for hydroxylation is 2. The van der Waals surface area contributed by atoms with Crippen molar-refractivity contribution in [3.05, 3.63) is 21.9 Å². The van der Waals surface area contributed by atoms with Crippen molar-refractivity contribution in [2.24, 2.45) is 0 Å². The monoisotopic (exact) mass is 448 g/mol. The third-order valence-electron chi connectivity index (χ3n) is 5.02. The van der Waals surface area contributed by atoms with Crippen LogP contribution in [0.2, 0.25) is 0 Å². The first-order valence-corrected chi connectivity index (χ1v) is 13.8. The molecule has 0 saturated carbocycles. The zero-order chi connectivity index (χ0) is 19.3. The number of aromatic nitrogens is 2. The van der Waals surface area contributed by atoms with E-state index in [0.717, 1.165) is 10.0 Å². The lowest BCUT2D eigenvalue weighted by atomic mass is 10.1. The molecular formula is C22H28N2S4. The van der Waals surface area contributed by atoms with Gasteiger partial charge in [0.25, 0.3) is 0 Å². The number of unbranched alkanes of at least 4 members (excludes halogenated alkanes) is 6. The van der Waals surface area contributed by atoms with Gasteiger partial charge in [0.15, 0.2) is 10.0 Å². The van der Waals surface area contributed by atoms with Gasteiger partial charge in [0.1, 0.15) is 8.03 Å². The summed E-state index contributed by atoms with van der Waals surface area (Å²) in [5.74, 6) is 0. The van der Waals surface area contributed by atoms with Crippen molar-refractivity contribution >= 4 is 64.4 Å². The maximum absolute atomic E-state index is 4.90. The van der Waals surface area contributed by atoms with E-state index >= 15 is 0 Å². The van der Waals surface area contributed by atoms with Crippen LogP contribution in [0, 0.1) is 0 Å². The molecule has 0 aliphatic heterocycles. The SMILES string of the molecule is CCCCCCc1cc2nc(-c3nc4cc(CCCCCC)sc4s3)sc2s1. The van der Waals surface area contributed by atoms with Crippen LogP contribution in [0.1, 0.15) is 75.0 Å². The molecule has 150 valence electrons. The summed E-state index contributed by atoms with van der Waals surface area (Å²) in [5.41, 5.74) is 2.34. The van der Waals surface area contributed by atoms with Crippen LogP contribution in [0.25, 0.3) is 29.1 Å². The first-order valence-electron chi connectivity index (χ1n) is 10.6. The van der Waals surface area contributed by atoms with E-state index in [1.54, 1.807) is 0 Å². The third kappa shape index (κ3) is 4.84. The highest BCUT2D eigenvalue weighted by molar-refractivity contribution is 7.42. The lowest BCUT2D eigenvalue weighted by Crippen LogP contribution is -1.81. The Kier molecular flexibility index (Phi) is 7.15. The molecule has 0 aromatic carbocycles. The average molecular weight is 449 g/mol. The van der Waals surface area contributed by atoms with Crippen molar-refractivity contribution in [1.29, 1.82) is 0 Å². The predicted molar refractivity (Wildman–Crippen MR) is 130 cm³/mol. The zero-order valence-corrected chi connectivity index (χ0v) is 20.0. The highest BCUT2D eigenvalue weighted by atomic mass is 32.2. The minimum Gasteiger partial charge on any atom is -0.233 e. The van der Waals surface area contributed by atoms with Crippen molar-refractivity contribution in [2.75, 3.05) is 0 Å². The van der Waals surface area contributed by atoms with Crippen LogP contribution in [0.15, 0.2) is 12.1 Å². The van der Waals surface area contributed by atoms with Crippen LogP contribution < -0.4 is 0 Å². The van der Waals surface area contributed by atoms with Crippen LogP contribution in [0.3, 0.4) is 0 Å². The summed E-state index contributed by atoms with van der Waals surface area (Å²) in [6.45, 7) is 4.54. The van der Waals surface area contributed by atoms with E-state index in [2.05, 4.69) is 26.0 Å². The molecule has 0 fully saturated rings. The van der Waals surface area contributed by atoms with Gasteiger partial charge in [-0.15, -0.1) is 45.3 Å². The third-order valence-corrected chi connectivity index (χ3v) is 9.85. The second-order valence-corrected chi connectivity index (χ2v) is 12.2. The largest absolute Gasteiger partial charge is 0.233 e. The van der Waals surface area contributed by atoms with Crippen LogP contribution in [-0.4, -0.2) is 9.97 Å². The first-order chi connectivity index (χ1) is 13.8. The molecule has 4 heterocycles. The van der Waals surface area contributed by atoms with Crippen LogP contribution in [0.5, 0.6) is 0 Å². The molecule has 0 atom stereocenters. The lowest BCUT2D eigenvalue weighted by molar-refractivity contribution is 0.670. The molecule has 0 radical (unpaired) electrons. The number of rotatable bonds is 11. The first kappa shape index (κ1) is 20.5. The van der Waals surface area contributed by atoms with Gasteiger partial charge >= 0.3 is 0 Å². The Morgan fingerprint density at radius 2 is 1.07 bits per heavy atom. The number of nitrogens with zero attached hydrogens (tertiary/aromatic N) is 2. The van der Waals surface area contributed by atoms with E-state index in [1.807, 2.05) is 45.3 Å². The standard InChI is InChI=1S/C22H28N2S4/c1-3-5-7-9-11-15-13-17-21(25-15)27-19(23-17)20-24-18-14-16(26-22(18)28-20)12-10-8-6-4-2/h13-14H,3-12H2,1-2H3. The molecule has 0 aliphatic rings. The van der Waals surface area contributed by atoms with Crippen LogP contribution in [0.4, 0.5) is 0 Å². The molecule has 2 nitrogen and oxygen atoms in total. The molecule has 28 heavy (non-hydrogen) atoms. The fourth-order valence-electron chi connectivity index (χ4n) is 3.45. The highest BCUT2D eigenvalue weighted by Gasteiger charge is 2.15. The summed E-state index contributed by atoms with van der Waals surface area (Å²) in [6, 6.07) is 4.60. The number of thiazole rings is 2. The van der Waals surface area contributed by atoms with Gasteiger partial charge in [0.05, 0.1) is 11.0 Å². The molecule has 0 bridgehead atoms. The Morgan fingerprint density at radius 1 is 0.607 bits per heavy atom. The van der Waals surface area contributed by atoms with Gasteiger partial charge in [-0.1, -0.05) is 52.4 Å². The molecular weight excluding hydrogens is 421 g/mol. The Hall–Kier alpha value is -0.820. The van der Waals surface area contributed by atoms with Crippen LogP contribution in [-0.2, 0) is 12.8 Å². The molecule has 6 heteroatoms. The number of fused-ring (bicyclic) bond motifs is 2. The molecule has 0 unspecified atom stereocenters. The second kappa shape index (κ2) is 9.79. The fourth-order valence-corrected chi connectivity index (χ4v) is 8.20. The molecule has 0 amide bonds. The van der Waals surface area contributed by atoms with Crippen molar-refractivity contribution < 1.29 is 0 Å². The van der Waals surface area contributed by atoms with E-state index < -0.39 is 0 Å². The van der Waals surface area contributed by atoms with Crippen molar-refractivity contribution in [3.8, 4) is 10.0 Å². The maximum atomic E-state index is 4.90. The summed E-state index contributed by atoms with van der Waals surface area (Å²) in [6.07, 6.45) is 13.0. The number of hydrogen-bond acceptors (Lipinski definition) is 6. The summed E-state index contributed by atoms with van der Waals surface area (Å²) in [5, 5.41) is 2.19. The van der Waals surface area contributed by atoms with E-state index in [0.29, 0.717) is 0 Å². The van der Waals surface area contributed by atoms with Gasteiger partial charge in [-0.3, -0.25) is 0 Å². The van der Waals surface area contributed by atoms with Crippen molar-refractivity contribution in [1.82, 2.24) is 9.97 Å². The molecule has 0 N–H and O–H groups in total. The van der Waals surface area contributed by atoms with E-state index in [-0.39, 0.29) is 0 Å².